The molecule has 0 fully saturated rings. The summed E-state index contributed by atoms with van der Waals surface area (Å²) in [6.07, 6.45) is 0.193. The first-order valence-electron chi connectivity index (χ1n) is 3.38. The largest absolute Gasteiger partial charge is 0.465 e. The van der Waals surface area contributed by atoms with E-state index in [4.69, 9.17) is 0 Å². The third kappa shape index (κ3) is 4.95. The van der Waals surface area contributed by atoms with Gasteiger partial charge in [0.15, 0.2) is 0 Å². The summed E-state index contributed by atoms with van der Waals surface area (Å²) in [5.74, 6) is -0.400. The Morgan fingerprint density at radius 3 is 2.45 bits per heavy atom. The van der Waals surface area contributed by atoms with E-state index in [1.54, 1.807) is 6.92 Å². The number of hydrogen-bond acceptors (Lipinski definition) is 3. The highest BCUT2D eigenvalue weighted by atomic mass is 79.9. The van der Waals surface area contributed by atoms with E-state index in [0.29, 0.717) is 6.61 Å². The van der Waals surface area contributed by atoms with Gasteiger partial charge in [0.2, 0.25) is 0 Å². The molecular weight excluding hydrogens is 212 g/mol. The number of ether oxygens (including phenoxy) is 1. The molecule has 0 saturated carbocycles. The Balaban J connectivity index is 3.73. The molecule has 4 heteroatoms. The van der Waals surface area contributed by atoms with E-state index in [9.17, 15) is 9.59 Å². The molecule has 64 valence electrons. The fraction of sp³-hybridized carbons (Fsp3) is 0.714. The average molecular weight is 223 g/mol. The van der Waals surface area contributed by atoms with Gasteiger partial charge >= 0.3 is 5.97 Å². The molecular formula is C7H11BrO3. The summed E-state index contributed by atoms with van der Waals surface area (Å²) >= 11 is 3.05. The summed E-state index contributed by atoms with van der Waals surface area (Å²) in [5, 5.41) is 0. The van der Waals surface area contributed by atoms with E-state index in [1.165, 1.54) is 6.92 Å². The van der Waals surface area contributed by atoms with E-state index in [2.05, 4.69) is 20.7 Å². The Bertz CT molecular complexity index is 156. The minimum absolute atomic E-state index is 0.0278. The summed E-state index contributed by atoms with van der Waals surface area (Å²) < 4.78 is 4.67. The quantitative estimate of drug-likeness (QED) is 0.532. The molecule has 0 aliphatic heterocycles. The van der Waals surface area contributed by atoms with Crippen molar-refractivity contribution in [2.45, 2.75) is 25.1 Å². The number of halogens is 1. The zero-order chi connectivity index (χ0) is 8.85. The van der Waals surface area contributed by atoms with Crippen LogP contribution in [0.2, 0.25) is 0 Å². The number of Topliss-reactive ketones (excluding diaryl/α,β-unsaturated/α-hetero) is 1. The van der Waals surface area contributed by atoms with Crippen molar-refractivity contribution in [3.05, 3.63) is 0 Å². The van der Waals surface area contributed by atoms with Crippen molar-refractivity contribution in [2.24, 2.45) is 0 Å². The van der Waals surface area contributed by atoms with Gasteiger partial charge in [0, 0.05) is 6.42 Å². The maximum atomic E-state index is 10.9. The van der Waals surface area contributed by atoms with E-state index >= 15 is 0 Å². The molecule has 0 aromatic heterocycles. The molecule has 0 aromatic carbocycles. The molecule has 0 aliphatic carbocycles. The topological polar surface area (TPSA) is 43.4 Å². The predicted molar refractivity (Wildman–Crippen MR) is 44.6 cm³/mol. The molecule has 3 nitrogen and oxygen atoms in total. The monoisotopic (exact) mass is 222 g/mol. The van der Waals surface area contributed by atoms with Crippen molar-refractivity contribution in [3.8, 4) is 0 Å². The second-order valence-corrected chi connectivity index (χ2v) is 3.23. The van der Waals surface area contributed by atoms with Gasteiger partial charge in [-0.15, -0.1) is 0 Å². The van der Waals surface area contributed by atoms with E-state index in [0.717, 1.165) is 0 Å². The predicted octanol–water partition coefficient (Wildman–Crippen LogP) is 1.29. The Hall–Kier alpha value is -0.380. The minimum Gasteiger partial charge on any atom is -0.465 e. The van der Waals surface area contributed by atoms with Crippen LogP contribution in [-0.2, 0) is 14.3 Å². The summed E-state index contributed by atoms with van der Waals surface area (Å²) in [7, 11) is 0. The van der Waals surface area contributed by atoms with Crippen molar-refractivity contribution < 1.29 is 14.3 Å². The molecule has 0 aliphatic rings. The van der Waals surface area contributed by atoms with Gasteiger partial charge in [-0.3, -0.25) is 9.59 Å². The highest BCUT2D eigenvalue weighted by Gasteiger charge is 2.17. The summed E-state index contributed by atoms with van der Waals surface area (Å²) in [6.45, 7) is 3.51. The molecule has 0 N–H and O–H groups in total. The molecule has 0 rings (SSSR count). The Kier molecular flexibility index (Phi) is 5.11. The van der Waals surface area contributed by atoms with Crippen LogP contribution in [0.5, 0.6) is 0 Å². The number of carbonyl (C=O) groups is 2. The highest BCUT2D eigenvalue weighted by molar-refractivity contribution is 9.10. The second kappa shape index (κ2) is 5.29. The van der Waals surface area contributed by atoms with E-state index in [1.807, 2.05) is 0 Å². The fourth-order valence-electron chi connectivity index (χ4n) is 0.568. The van der Waals surface area contributed by atoms with Gasteiger partial charge in [-0.2, -0.15) is 0 Å². The maximum absolute atomic E-state index is 10.9. The van der Waals surface area contributed by atoms with Crippen LogP contribution >= 0.6 is 15.9 Å². The van der Waals surface area contributed by atoms with Crippen LogP contribution in [0.3, 0.4) is 0 Å². The van der Waals surface area contributed by atoms with E-state index < -0.39 is 4.83 Å². The van der Waals surface area contributed by atoms with Crippen LogP contribution in [0.1, 0.15) is 20.3 Å². The lowest BCUT2D eigenvalue weighted by atomic mass is 10.2. The van der Waals surface area contributed by atoms with Gasteiger partial charge < -0.3 is 4.74 Å². The maximum Gasteiger partial charge on any atom is 0.320 e. The molecule has 0 amide bonds. The summed E-state index contributed by atoms with van der Waals surface area (Å²) in [5.41, 5.74) is 0. The van der Waals surface area contributed by atoms with Gasteiger partial charge in [-0.05, 0) is 13.8 Å². The van der Waals surface area contributed by atoms with Crippen molar-refractivity contribution in [1.82, 2.24) is 0 Å². The minimum atomic E-state index is -0.486. The molecule has 11 heavy (non-hydrogen) atoms. The van der Waals surface area contributed by atoms with Crippen molar-refractivity contribution in [3.63, 3.8) is 0 Å². The first kappa shape index (κ1) is 10.6. The summed E-state index contributed by atoms with van der Waals surface area (Å²) in [4.78, 5) is 20.9. The third-order valence-corrected chi connectivity index (χ3v) is 1.71. The Labute approximate surface area is 74.2 Å². The zero-order valence-corrected chi connectivity index (χ0v) is 8.18. The number of esters is 1. The van der Waals surface area contributed by atoms with Crippen LogP contribution in [0, 0.1) is 0 Å². The third-order valence-electron chi connectivity index (χ3n) is 1.01. The first-order chi connectivity index (χ1) is 5.07. The fourth-order valence-corrected chi connectivity index (χ4v) is 1.16. The van der Waals surface area contributed by atoms with Gasteiger partial charge in [0.05, 0.1) is 6.61 Å². The van der Waals surface area contributed by atoms with Crippen LogP contribution in [-0.4, -0.2) is 23.2 Å². The number of alkyl halides is 1. The average Bonchev–Trinajstić information content (AvgIpc) is 1.86. The zero-order valence-electron chi connectivity index (χ0n) is 6.59. The number of carbonyl (C=O) groups excluding carboxylic acids is 2. The second-order valence-electron chi connectivity index (χ2n) is 2.13. The van der Waals surface area contributed by atoms with Gasteiger partial charge in [0.1, 0.15) is 10.6 Å². The van der Waals surface area contributed by atoms with Crippen LogP contribution in [0.25, 0.3) is 0 Å². The number of rotatable bonds is 4. The molecule has 1 unspecified atom stereocenters. The normalized spacial score (nSPS) is 12.3. The lowest BCUT2D eigenvalue weighted by Crippen LogP contribution is -2.19. The Morgan fingerprint density at radius 1 is 1.55 bits per heavy atom. The smallest absolute Gasteiger partial charge is 0.320 e. The molecule has 0 bridgehead atoms. The molecule has 0 radical (unpaired) electrons. The Morgan fingerprint density at radius 2 is 2.09 bits per heavy atom. The molecule has 0 aromatic rings. The molecule has 0 spiro atoms. The van der Waals surface area contributed by atoms with Crippen molar-refractivity contribution >= 4 is 27.7 Å². The van der Waals surface area contributed by atoms with Gasteiger partial charge in [0.25, 0.3) is 0 Å². The van der Waals surface area contributed by atoms with Crippen LogP contribution < -0.4 is 0 Å². The van der Waals surface area contributed by atoms with E-state index in [-0.39, 0.29) is 18.2 Å². The SMILES string of the molecule is CCOC(=O)C(Br)CC(C)=O. The summed E-state index contributed by atoms with van der Waals surface area (Å²) in [6, 6.07) is 0. The van der Waals surface area contributed by atoms with Crippen molar-refractivity contribution in [1.29, 1.82) is 0 Å². The molecule has 0 heterocycles. The van der Waals surface area contributed by atoms with Crippen LogP contribution in [0.15, 0.2) is 0 Å². The van der Waals surface area contributed by atoms with Gasteiger partial charge in [-0.1, -0.05) is 15.9 Å². The highest BCUT2D eigenvalue weighted by Crippen LogP contribution is 2.07. The van der Waals surface area contributed by atoms with Crippen LogP contribution in [0.4, 0.5) is 0 Å². The lowest BCUT2D eigenvalue weighted by Gasteiger charge is -2.05. The first-order valence-corrected chi connectivity index (χ1v) is 4.29. The van der Waals surface area contributed by atoms with Crippen molar-refractivity contribution in [2.75, 3.05) is 6.61 Å². The number of ketones is 1. The standard InChI is InChI=1S/C7H11BrO3/c1-3-11-7(10)6(8)4-5(2)9/h6H,3-4H2,1-2H3. The van der Waals surface area contributed by atoms with Gasteiger partial charge in [-0.25, -0.2) is 0 Å². The molecule has 1 atom stereocenters. The lowest BCUT2D eigenvalue weighted by molar-refractivity contribution is -0.143. The molecule has 0 saturated heterocycles. The number of hydrogen-bond donors (Lipinski definition) is 0.